The molecule has 0 bridgehead atoms. The van der Waals surface area contributed by atoms with Crippen LogP contribution in [0.4, 0.5) is 0 Å². The number of rotatable bonds is 5. The second-order valence-electron chi connectivity index (χ2n) is 5.41. The Bertz CT molecular complexity index is 447. The van der Waals surface area contributed by atoms with Crippen LogP contribution in [-0.2, 0) is 11.3 Å². The summed E-state index contributed by atoms with van der Waals surface area (Å²) in [5.41, 5.74) is 7.53. The molecule has 5 heteroatoms. The number of carbonyl (C=O) groups excluding carboxylic acids is 1. The molecule has 0 radical (unpaired) electrons. The van der Waals surface area contributed by atoms with Crippen LogP contribution < -0.4 is 11.1 Å². The fourth-order valence-electron chi connectivity index (χ4n) is 2.63. The molecule has 0 spiro atoms. The van der Waals surface area contributed by atoms with Gasteiger partial charge in [0.15, 0.2) is 0 Å². The van der Waals surface area contributed by atoms with Crippen molar-refractivity contribution in [1.82, 2.24) is 10.2 Å². The second kappa shape index (κ2) is 6.83. The molecule has 1 aromatic carbocycles. The smallest absolute Gasteiger partial charge is 0.217 e. The minimum absolute atomic E-state index is 0.00905. The van der Waals surface area contributed by atoms with Crippen LogP contribution in [0.15, 0.2) is 24.3 Å². The van der Waals surface area contributed by atoms with Crippen molar-refractivity contribution in [2.45, 2.75) is 32.0 Å². The molecule has 2 rings (SSSR count). The third-order valence-corrected chi connectivity index (χ3v) is 3.71. The number of nitrogens with zero attached hydrogens (tertiary/aromatic N) is 1. The van der Waals surface area contributed by atoms with E-state index in [2.05, 4.69) is 10.2 Å². The van der Waals surface area contributed by atoms with Crippen LogP contribution in [0.25, 0.3) is 0 Å². The maximum absolute atomic E-state index is 11.0. The van der Waals surface area contributed by atoms with Crippen molar-refractivity contribution in [1.29, 1.82) is 0 Å². The Kier molecular flexibility index (Phi) is 5.11. The molecule has 0 saturated carbocycles. The molecule has 1 aliphatic rings. The lowest BCUT2D eigenvalue weighted by Crippen LogP contribution is -2.36. The number of carbonyl (C=O) groups is 1. The van der Waals surface area contributed by atoms with E-state index in [4.69, 9.17) is 5.73 Å². The summed E-state index contributed by atoms with van der Waals surface area (Å²) >= 11 is 0. The average molecular weight is 277 g/mol. The highest BCUT2D eigenvalue weighted by atomic mass is 16.3. The van der Waals surface area contributed by atoms with Crippen molar-refractivity contribution in [2.24, 2.45) is 5.73 Å². The Morgan fingerprint density at radius 2 is 2.20 bits per heavy atom. The highest BCUT2D eigenvalue weighted by Gasteiger charge is 2.24. The molecule has 110 valence electrons. The lowest BCUT2D eigenvalue weighted by molar-refractivity contribution is -0.119. The SMILES string of the molecule is CC(=O)NC1CCN(CC(O)c2ccc(CN)cc2)C1. The number of likely N-dealkylation sites (tertiary alicyclic amines) is 1. The molecule has 1 heterocycles. The number of nitrogens with two attached hydrogens (primary N) is 1. The van der Waals surface area contributed by atoms with Crippen molar-refractivity contribution in [3.63, 3.8) is 0 Å². The zero-order chi connectivity index (χ0) is 14.5. The lowest BCUT2D eigenvalue weighted by Gasteiger charge is -2.20. The Labute approximate surface area is 119 Å². The van der Waals surface area contributed by atoms with E-state index in [1.165, 1.54) is 6.92 Å². The normalized spacial score (nSPS) is 20.9. The minimum atomic E-state index is -0.502. The van der Waals surface area contributed by atoms with E-state index in [0.29, 0.717) is 13.1 Å². The summed E-state index contributed by atoms with van der Waals surface area (Å²) in [6, 6.07) is 7.95. The molecular formula is C15H23N3O2. The third kappa shape index (κ3) is 4.03. The van der Waals surface area contributed by atoms with Gasteiger partial charge in [-0.1, -0.05) is 24.3 Å². The van der Waals surface area contributed by atoms with Gasteiger partial charge in [-0.15, -0.1) is 0 Å². The van der Waals surface area contributed by atoms with Gasteiger partial charge in [0.2, 0.25) is 5.91 Å². The quantitative estimate of drug-likeness (QED) is 0.727. The van der Waals surface area contributed by atoms with Crippen LogP contribution in [-0.4, -0.2) is 41.6 Å². The fourth-order valence-corrected chi connectivity index (χ4v) is 2.63. The minimum Gasteiger partial charge on any atom is -0.387 e. The van der Waals surface area contributed by atoms with Crippen molar-refractivity contribution >= 4 is 5.91 Å². The molecular weight excluding hydrogens is 254 g/mol. The number of aliphatic hydroxyl groups excluding tert-OH is 1. The van der Waals surface area contributed by atoms with E-state index in [9.17, 15) is 9.90 Å². The van der Waals surface area contributed by atoms with Crippen molar-refractivity contribution < 1.29 is 9.90 Å². The molecule has 2 unspecified atom stereocenters. The number of hydrogen-bond acceptors (Lipinski definition) is 4. The number of nitrogens with one attached hydrogen (secondary N) is 1. The Morgan fingerprint density at radius 3 is 2.80 bits per heavy atom. The third-order valence-electron chi connectivity index (χ3n) is 3.71. The first-order valence-electron chi connectivity index (χ1n) is 7.05. The molecule has 1 saturated heterocycles. The number of amides is 1. The Hall–Kier alpha value is -1.43. The first kappa shape index (κ1) is 15.0. The van der Waals surface area contributed by atoms with Gasteiger partial charge in [0.25, 0.3) is 0 Å². The standard InChI is InChI=1S/C15H23N3O2/c1-11(19)17-14-6-7-18(9-14)10-15(20)13-4-2-12(8-16)3-5-13/h2-5,14-15,20H,6-10,16H2,1H3,(H,17,19). The Morgan fingerprint density at radius 1 is 1.50 bits per heavy atom. The molecule has 5 nitrogen and oxygen atoms in total. The van der Waals surface area contributed by atoms with Crippen molar-refractivity contribution in [3.05, 3.63) is 35.4 Å². The van der Waals surface area contributed by atoms with E-state index in [-0.39, 0.29) is 11.9 Å². The van der Waals surface area contributed by atoms with Gasteiger partial charge < -0.3 is 16.2 Å². The number of benzene rings is 1. The molecule has 20 heavy (non-hydrogen) atoms. The number of β-amino-alcohol motifs (C(OH)–C–C–N with tert-alkyl or cyclic N) is 1. The summed E-state index contributed by atoms with van der Waals surface area (Å²) in [6.07, 6.45) is 0.441. The first-order chi connectivity index (χ1) is 9.58. The van der Waals surface area contributed by atoms with Crippen LogP contribution in [0.2, 0.25) is 0 Å². The van der Waals surface area contributed by atoms with Crippen LogP contribution in [0, 0.1) is 0 Å². The van der Waals surface area contributed by atoms with Crippen molar-refractivity contribution in [3.8, 4) is 0 Å². The fraction of sp³-hybridized carbons (Fsp3) is 0.533. The summed E-state index contributed by atoms with van der Waals surface area (Å²) in [6.45, 7) is 4.36. The summed E-state index contributed by atoms with van der Waals surface area (Å²) in [5, 5.41) is 13.2. The summed E-state index contributed by atoms with van der Waals surface area (Å²) in [5.74, 6) is 0.00905. The van der Waals surface area contributed by atoms with Gasteiger partial charge in [0.05, 0.1) is 6.10 Å². The molecule has 1 fully saturated rings. The lowest BCUT2D eigenvalue weighted by atomic mass is 10.1. The van der Waals surface area contributed by atoms with Gasteiger partial charge in [-0.3, -0.25) is 9.69 Å². The van der Waals surface area contributed by atoms with Gasteiger partial charge in [-0.2, -0.15) is 0 Å². The number of aliphatic hydroxyl groups is 1. The highest BCUT2D eigenvalue weighted by molar-refractivity contribution is 5.73. The zero-order valence-corrected chi connectivity index (χ0v) is 11.9. The topological polar surface area (TPSA) is 78.6 Å². The summed E-state index contributed by atoms with van der Waals surface area (Å²) in [4.78, 5) is 13.2. The predicted octanol–water partition coefficient (Wildman–Crippen LogP) is 0.389. The van der Waals surface area contributed by atoms with E-state index in [1.54, 1.807) is 0 Å². The molecule has 0 aromatic heterocycles. The zero-order valence-electron chi connectivity index (χ0n) is 11.9. The maximum Gasteiger partial charge on any atom is 0.217 e. The van der Waals surface area contributed by atoms with Gasteiger partial charge in [-0.05, 0) is 17.5 Å². The molecule has 0 aliphatic carbocycles. The maximum atomic E-state index is 11.0. The van der Waals surface area contributed by atoms with Crippen LogP contribution in [0.1, 0.15) is 30.6 Å². The van der Waals surface area contributed by atoms with Gasteiger partial charge in [-0.25, -0.2) is 0 Å². The van der Waals surface area contributed by atoms with Gasteiger partial charge >= 0.3 is 0 Å². The molecule has 2 atom stereocenters. The largest absolute Gasteiger partial charge is 0.387 e. The predicted molar refractivity (Wildman–Crippen MR) is 78.0 cm³/mol. The van der Waals surface area contributed by atoms with E-state index in [1.807, 2.05) is 24.3 Å². The van der Waals surface area contributed by atoms with Crippen molar-refractivity contribution in [2.75, 3.05) is 19.6 Å². The second-order valence-corrected chi connectivity index (χ2v) is 5.41. The van der Waals surface area contributed by atoms with Crippen LogP contribution in [0.5, 0.6) is 0 Å². The molecule has 1 aliphatic heterocycles. The van der Waals surface area contributed by atoms with Crippen LogP contribution >= 0.6 is 0 Å². The monoisotopic (exact) mass is 277 g/mol. The van der Waals surface area contributed by atoms with Crippen LogP contribution in [0.3, 0.4) is 0 Å². The van der Waals surface area contributed by atoms with E-state index >= 15 is 0 Å². The average Bonchev–Trinajstić information content (AvgIpc) is 2.85. The van der Waals surface area contributed by atoms with E-state index in [0.717, 1.165) is 30.6 Å². The van der Waals surface area contributed by atoms with E-state index < -0.39 is 6.10 Å². The molecule has 1 aromatic rings. The molecule has 4 N–H and O–H groups in total. The summed E-state index contributed by atoms with van der Waals surface area (Å²) in [7, 11) is 0. The summed E-state index contributed by atoms with van der Waals surface area (Å²) < 4.78 is 0. The molecule has 1 amide bonds. The first-order valence-corrected chi connectivity index (χ1v) is 7.05. The highest BCUT2D eigenvalue weighted by Crippen LogP contribution is 2.18. The van der Waals surface area contributed by atoms with Gasteiger partial charge in [0, 0.05) is 39.1 Å². The Balaban J connectivity index is 1.85. The van der Waals surface area contributed by atoms with Gasteiger partial charge in [0.1, 0.15) is 0 Å². The number of hydrogen-bond donors (Lipinski definition) is 3.